The average molecular weight is 439 g/mol. The predicted molar refractivity (Wildman–Crippen MR) is 126 cm³/mol. The maximum absolute atomic E-state index is 12.8. The van der Waals surface area contributed by atoms with Crippen molar-refractivity contribution in [3.8, 4) is 11.5 Å². The first kappa shape index (κ1) is 23.6. The third-order valence-corrected chi connectivity index (χ3v) is 5.59. The van der Waals surface area contributed by atoms with Crippen LogP contribution >= 0.6 is 0 Å². The Kier molecular flexibility index (Phi) is 7.44. The first-order chi connectivity index (χ1) is 15.2. The topological polar surface area (TPSA) is 67.9 Å². The molecule has 0 aliphatic carbocycles. The normalized spacial score (nSPS) is 14.4. The van der Waals surface area contributed by atoms with Crippen LogP contribution in [0.1, 0.15) is 64.6 Å². The van der Waals surface area contributed by atoms with Crippen LogP contribution in [0.3, 0.4) is 0 Å². The van der Waals surface area contributed by atoms with Crippen molar-refractivity contribution in [2.45, 2.75) is 58.9 Å². The van der Waals surface area contributed by atoms with Gasteiger partial charge in [-0.1, -0.05) is 52.3 Å². The highest BCUT2D eigenvalue weighted by atomic mass is 16.5. The molecule has 6 nitrogen and oxygen atoms in total. The summed E-state index contributed by atoms with van der Waals surface area (Å²) in [6.45, 7) is 11.0. The predicted octanol–water partition coefficient (Wildman–Crippen LogP) is 4.77. The van der Waals surface area contributed by atoms with Gasteiger partial charge in [0.15, 0.2) is 6.61 Å². The number of amides is 2. The molecule has 1 heterocycles. The van der Waals surface area contributed by atoms with Crippen LogP contribution in [-0.2, 0) is 15.0 Å². The number of rotatable bonds is 8. The average Bonchev–Trinajstić information content (AvgIpc) is 2.75. The van der Waals surface area contributed by atoms with Gasteiger partial charge in [0.1, 0.15) is 18.0 Å². The molecule has 0 fully saturated rings. The summed E-state index contributed by atoms with van der Waals surface area (Å²) in [6.07, 6.45) is 2.11. The van der Waals surface area contributed by atoms with E-state index in [9.17, 15) is 9.59 Å². The van der Waals surface area contributed by atoms with E-state index in [2.05, 4.69) is 33.0 Å². The van der Waals surface area contributed by atoms with Crippen LogP contribution in [0.25, 0.3) is 0 Å². The Hall–Kier alpha value is -3.02. The molecule has 32 heavy (non-hydrogen) atoms. The Labute approximate surface area is 190 Å². The third-order valence-electron chi connectivity index (χ3n) is 5.59. The molecule has 0 aromatic heterocycles. The summed E-state index contributed by atoms with van der Waals surface area (Å²) in [5.41, 5.74) is 2.62. The fourth-order valence-corrected chi connectivity index (χ4v) is 3.54. The van der Waals surface area contributed by atoms with Gasteiger partial charge in [0.2, 0.25) is 5.91 Å². The molecule has 1 N–H and O–H groups in total. The zero-order valence-electron chi connectivity index (χ0n) is 19.7. The number of benzene rings is 2. The number of hydrogen-bond acceptors (Lipinski definition) is 4. The summed E-state index contributed by atoms with van der Waals surface area (Å²) in [5.74, 6) is 1.01. The van der Waals surface area contributed by atoms with Crippen molar-refractivity contribution >= 4 is 17.5 Å². The Morgan fingerprint density at radius 1 is 1.19 bits per heavy atom. The number of ether oxygens (including phenoxy) is 2. The van der Waals surface area contributed by atoms with E-state index in [1.165, 1.54) is 4.90 Å². The summed E-state index contributed by atoms with van der Waals surface area (Å²) >= 11 is 0. The van der Waals surface area contributed by atoms with Crippen LogP contribution in [0.15, 0.2) is 42.5 Å². The summed E-state index contributed by atoms with van der Waals surface area (Å²) in [5, 5.41) is 3.00. The lowest BCUT2D eigenvalue weighted by atomic mass is 9.86. The van der Waals surface area contributed by atoms with Crippen molar-refractivity contribution in [2.24, 2.45) is 0 Å². The third kappa shape index (κ3) is 5.81. The molecule has 3 rings (SSSR count). The standard InChI is InChI=1S/C26H34N2O4/c1-6-7-14-31-21-11-8-19(9-12-21)18(2)27-24(29)16-28-22-15-20(26(3,4)5)10-13-23(22)32-17-25(28)30/h8-13,15,18H,6-7,14,16-17H2,1-5H3,(H,27,29). The maximum atomic E-state index is 12.8. The lowest BCUT2D eigenvalue weighted by molar-refractivity contribution is -0.125. The van der Waals surface area contributed by atoms with E-state index >= 15 is 0 Å². The summed E-state index contributed by atoms with van der Waals surface area (Å²) < 4.78 is 11.3. The van der Waals surface area contributed by atoms with Crippen LogP contribution in [0.4, 0.5) is 5.69 Å². The summed E-state index contributed by atoms with van der Waals surface area (Å²) in [7, 11) is 0. The number of carbonyl (C=O) groups is 2. The van der Waals surface area contributed by atoms with Gasteiger partial charge in [0.25, 0.3) is 5.91 Å². The zero-order chi connectivity index (χ0) is 23.3. The van der Waals surface area contributed by atoms with Crippen molar-refractivity contribution < 1.29 is 19.1 Å². The SMILES string of the molecule is CCCCOc1ccc(C(C)NC(=O)CN2C(=O)COc3ccc(C(C)(C)C)cc32)cc1. The van der Waals surface area contributed by atoms with Crippen molar-refractivity contribution in [3.63, 3.8) is 0 Å². The lowest BCUT2D eigenvalue weighted by Crippen LogP contribution is -2.45. The molecule has 172 valence electrons. The van der Waals surface area contributed by atoms with E-state index in [0.29, 0.717) is 18.0 Å². The van der Waals surface area contributed by atoms with Crippen LogP contribution in [0.5, 0.6) is 11.5 Å². The highest BCUT2D eigenvalue weighted by Crippen LogP contribution is 2.36. The van der Waals surface area contributed by atoms with Gasteiger partial charge in [-0.25, -0.2) is 0 Å². The number of carbonyl (C=O) groups excluding carboxylic acids is 2. The second kappa shape index (κ2) is 10.1. The van der Waals surface area contributed by atoms with Gasteiger partial charge in [-0.15, -0.1) is 0 Å². The minimum absolute atomic E-state index is 0.0503. The van der Waals surface area contributed by atoms with Gasteiger partial charge in [-0.05, 0) is 54.2 Å². The van der Waals surface area contributed by atoms with E-state index in [-0.39, 0.29) is 36.4 Å². The molecule has 2 aromatic carbocycles. The molecule has 1 aliphatic rings. The molecule has 6 heteroatoms. The smallest absolute Gasteiger partial charge is 0.265 e. The molecular formula is C26H34N2O4. The van der Waals surface area contributed by atoms with Crippen molar-refractivity contribution in [2.75, 3.05) is 24.7 Å². The minimum atomic E-state index is -0.222. The highest BCUT2D eigenvalue weighted by molar-refractivity contribution is 6.02. The fourth-order valence-electron chi connectivity index (χ4n) is 3.54. The van der Waals surface area contributed by atoms with E-state index < -0.39 is 0 Å². The van der Waals surface area contributed by atoms with Crippen molar-refractivity contribution in [3.05, 3.63) is 53.6 Å². The first-order valence-corrected chi connectivity index (χ1v) is 11.3. The maximum Gasteiger partial charge on any atom is 0.265 e. The molecule has 2 amide bonds. The summed E-state index contributed by atoms with van der Waals surface area (Å²) in [6, 6.07) is 13.4. The molecule has 0 radical (unpaired) electrons. The molecular weight excluding hydrogens is 404 g/mol. The highest BCUT2D eigenvalue weighted by Gasteiger charge is 2.29. The van der Waals surface area contributed by atoms with Crippen LogP contribution in [-0.4, -0.2) is 31.6 Å². The largest absolute Gasteiger partial charge is 0.494 e. The summed E-state index contributed by atoms with van der Waals surface area (Å²) in [4.78, 5) is 26.9. The molecule has 0 saturated carbocycles. The number of fused-ring (bicyclic) bond motifs is 1. The van der Waals surface area contributed by atoms with Gasteiger partial charge in [0, 0.05) is 0 Å². The van der Waals surface area contributed by atoms with Gasteiger partial charge >= 0.3 is 0 Å². The van der Waals surface area contributed by atoms with Gasteiger partial charge in [-0.2, -0.15) is 0 Å². The van der Waals surface area contributed by atoms with Gasteiger partial charge in [0.05, 0.1) is 18.3 Å². The molecule has 1 unspecified atom stereocenters. The van der Waals surface area contributed by atoms with Gasteiger partial charge in [-0.3, -0.25) is 14.5 Å². The minimum Gasteiger partial charge on any atom is -0.494 e. The number of unbranched alkanes of at least 4 members (excludes halogenated alkanes) is 1. The molecule has 0 bridgehead atoms. The van der Waals surface area contributed by atoms with Crippen LogP contribution < -0.4 is 19.7 Å². The zero-order valence-corrected chi connectivity index (χ0v) is 19.7. The first-order valence-electron chi connectivity index (χ1n) is 11.3. The Morgan fingerprint density at radius 2 is 1.91 bits per heavy atom. The molecule has 0 spiro atoms. The number of nitrogens with one attached hydrogen (secondary N) is 1. The van der Waals surface area contributed by atoms with Crippen LogP contribution in [0.2, 0.25) is 0 Å². The Morgan fingerprint density at radius 3 is 2.56 bits per heavy atom. The van der Waals surface area contributed by atoms with Crippen molar-refractivity contribution in [1.82, 2.24) is 5.32 Å². The van der Waals surface area contributed by atoms with Gasteiger partial charge < -0.3 is 14.8 Å². The quantitative estimate of drug-likeness (QED) is 0.603. The molecule has 2 aromatic rings. The molecule has 0 saturated heterocycles. The molecule has 1 atom stereocenters. The van der Waals surface area contributed by atoms with E-state index in [4.69, 9.17) is 9.47 Å². The Balaban J connectivity index is 1.66. The van der Waals surface area contributed by atoms with Crippen molar-refractivity contribution in [1.29, 1.82) is 0 Å². The monoisotopic (exact) mass is 438 g/mol. The van der Waals surface area contributed by atoms with E-state index in [0.717, 1.165) is 29.7 Å². The fraction of sp³-hybridized carbons (Fsp3) is 0.462. The van der Waals surface area contributed by atoms with Crippen LogP contribution in [0, 0.1) is 0 Å². The second-order valence-electron chi connectivity index (χ2n) is 9.26. The number of anilines is 1. The number of hydrogen-bond donors (Lipinski definition) is 1. The van der Waals surface area contributed by atoms with E-state index in [1.807, 2.05) is 49.4 Å². The molecule has 1 aliphatic heterocycles. The second-order valence-corrected chi connectivity index (χ2v) is 9.26. The lowest BCUT2D eigenvalue weighted by Gasteiger charge is -2.31. The van der Waals surface area contributed by atoms with E-state index in [1.54, 1.807) is 0 Å². The number of nitrogens with zero attached hydrogens (tertiary/aromatic N) is 1. The Bertz CT molecular complexity index is 947.